The van der Waals surface area contributed by atoms with Gasteiger partial charge in [-0.2, -0.15) is 5.26 Å². The number of aromatic nitrogens is 4. The second kappa shape index (κ2) is 14.2. The minimum absolute atomic E-state index is 0.0212. The molecule has 0 spiro atoms. The molecule has 2 N–H and O–H groups in total. The molecule has 1 fully saturated rings. The number of nitrogens with one attached hydrogen (secondary N) is 2. The van der Waals surface area contributed by atoms with Gasteiger partial charge in [0.25, 0.3) is 0 Å². The molecule has 0 unspecified atom stereocenters. The van der Waals surface area contributed by atoms with E-state index in [1.807, 2.05) is 55.9 Å². The zero-order valence-electron chi connectivity index (χ0n) is 29.6. The Morgan fingerprint density at radius 3 is 2.45 bits per heavy atom. The van der Waals surface area contributed by atoms with E-state index >= 15 is 0 Å². The van der Waals surface area contributed by atoms with Crippen LogP contribution in [0.4, 0.5) is 21.5 Å². The molecule has 1 saturated heterocycles. The molecule has 1 aliphatic rings. The van der Waals surface area contributed by atoms with Crippen molar-refractivity contribution in [2.24, 2.45) is 5.41 Å². The number of carbonyl (C=O) groups is 1. The summed E-state index contributed by atoms with van der Waals surface area (Å²) in [6.07, 6.45) is 5.36. The number of nitriles is 1. The van der Waals surface area contributed by atoms with Crippen LogP contribution >= 0.6 is 23.2 Å². The lowest BCUT2D eigenvalue weighted by Gasteiger charge is -2.40. The first-order valence-corrected chi connectivity index (χ1v) is 17.7. The predicted octanol–water partition coefficient (Wildman–Crippen LogP) is 9.75. The van der Waals surface area contributed by atoms with Gasteiger partial charge < -0.3 is 10.6 Å². The fourth-order valence-electron chi connectivity index (χ4n) is 6.49. The van der Waals surface area contributed by atoms with Gasteiger partial charge in [0, 0.05) is 51.9 Å². The van der Waals surface area contributed by atoms with Crippen LogP contribution in [0.15, 0.2) is 67.0 Å². The highest BCUT2D eigenvalue weighted by Crippen LogP contribution is 2.38. The van der Waals surface area contributed by atoms with Gasteiger partial charge in [-0.05, 0) is 75.6 Å². The Hall–Kier alpha value is -4.56. The van der Waals surface area contributed by atoms with Crippen molar-refractivity contribution < 1.29 is 9.18 Å². The van der Waals surface area contributed by atoms with Gasteiger partial charge in [-0.25, -0.2) is 9.07 Å². The summed E-state index contributed by atoms with van der Waals surface area (Å²) in [5.74, 6) is -0.531. The molecule has 9 nitrogen and oxygen atoms in total. The third-order valence-corrected chi connectivity index (χ3v) is 9.83. The van der Waals surface area contributed by atoms with Crippen molar-refractivity contribution in [1.82, 2.24) is 24.9 Å². The van der Waals surface area contributed by atoms with Crippen LogP contribution in [0.5, 0.6) is 0 Å². The third-order valence-electron chi connectivity index (χ3n) is 9.32. The molecule has 1 atom stereocenters. The van der Waals surface area contributed by atoms with Gasteiger partial charge in [0.05, 0.1) is 45.8 Å². The maximum Gasteiger partial charge on any atom is 0.168 e. The Balaban J connectivity index is 1.43. The first-order chi connectivity index (χ1) is 24.1. The van der Waals surface area contributed by atoms with Gasteiger partial charge in [-0.1, -0.05) is 67.4 Å². The number of pyridine rings is 1. The van der Waals surface area contributed by atoms with E-state index in [1.54, 1.807) is 12.1 Å². The number of likely N-dealkylation sites (tertiary alicyclic amines) is 1. The molecule has 5 aromatic rings. The van der Waals surface area contributed by atoms with Crippen molar-refractivity contribution in [2.45, 2.75) is 72.0 Å². The van der Waals surface area contributed by atoms with Crippen LogP contribution in [0.25, 0.3) is 10.9 Å². The van der Waals surface area contributed by atoms with E-state index in [0.717, 1.165) is 31.5 Å². The van der Waals surface area contributed by atoms with Crippen molar-refractivity contribution >= 4 is 57.0 Å². The first kappa shape index (κ1) is 36.2. The van der Waals surface area contributed by atoms with Crippen LogP contribution in [0.2, 0.25) is 10.0 Å². The molecule has 0 amide bonds. The molecule has 3 heterocycles. The Morgan fingerprint density at radius 2 is 1.78 bits per heavy atom. The zero-order valence-corrected chi connectivity index (χ0v) is 31.1. The number of benzene rings is 3. The highest BCUT2D eigenvalue weighted by atomic mass is 35.5. The highest BCUT2D eigenvalue weighted by molar-refractivity contribution is 6.32. The molecule has 12 heteroatoms. The largest absolute Gasteiger partial charge is 0.371 e. The van der Waals surface area contributed by atoms with Crippen LogP contribution in [-0.2, 0) is 0 Å². The predicted molar refractivity (Wildman–Crippen MR) is 201 cm³/mol. The van der Waals surface area contributed by atoms with Gasteiger partial charge in [0.1, 0.15) is 17.6 Å². The molecule has 264 valence electrons. The monoisotopic (exact) mass is 726 g/mol. The number of Topliss-reactive ketones (excluding diaryl/α,β-unsaturated/α-hetero) is 1. The summed E-state index contributed by atoms with van der Waals surface area (Å²) in [7, 11) is 0. The fraction of sp³-hybridized carbons (Fsp3) is 0.359. The standard InChI is InChI=1S/C39H41Cl2FN8O/c1-38(2,3)37(51)24-9-7-8-23(16-24)35(33-22-50(48-47-33)28-12-14-49(15-13-28)39(4,5)6)46-32-18-26(40)17-29-34(25(20-43)21-44-36(29)32)45-27-10-11-31(42)30(41)19-27/h7-11,16-19,21-22,28,35,46H,12-15H2,1-6H3,(H,44,45)/t35-/m0/s1. The zero-order chi connectivity index (χ0) is 36.7. The van der Waals surface area contributed by atoms with Gasteiger partial charge >= 0.3 is 0 Å². The van der Waals surface area contributed by atoms with Crippen molar-refractivity contribution in [3.63, 3.8) is 0 Å². The molecule has 51 heavy (non-hydrogen) atoms. The van der Waals surface area contributed by atoms with Crippen molar-refractivity contribution in [3.8, 4) is 6.07 Å². The summed E-state index contributed by atoms with van der Waals surface area (Å²) < 4.78 is 15.9. The average Bonchev–Trinajstić information content (AvgIpc) is 3.58. The number of fused-ring (bicyclic) bond motifs is 1. The second-order valence-corrected chi connectivity index (χ2v) is 15.9. The highest BCUT2D eigenvalue weighted by Gasteiger charge is 2.30. The minimum atomic E-state index is -0.573. The topological polar surface area (TPSA) is 112 Å². The number of anilines is 3. The fourth-order valence-corrected chi connectivity index (χ4v) is 6.89. The van der Waals surface area contributed by atoms with Gasteiger partial charge in [-0.3, -0.25) is 14.7 Å². The van der Waals surface area contributed by atoms with E-state index in [-0.39, 0.29) is 28.0 Å². The van der Waals surface area contributed by atoms with Crippen LogP contribution in [-0.4, -0.2) is 49.3 Å². The molecule has 0 radical (unpaired) electrons. The van der Waals surface area contributed by atoms with Crippen molar-refractivity contribution in [3.05, 3.63) is 105 Å². The summed E-state index contributed by atoms with van der Waals surface area (Å²) in [6.45, 7) is 14.4. The quantitative estimate of drug-likeness (QED) is 0.152. The average molecular weight is 728 g/mol. The number of hydrogen-bond donors (Lipinski definition) is 2. The summed E-state index contributed by atoms with van der Waals surface area (Å²) in [5.41, 5.74) is 3.89. The van der Waals surface area contributed by atoms with Crippen LogP contribution in [0.3, 0.4) is 0 Å². The first-order valence-electron chi connectivity index (χ1n) is 16.9. The van der Waals surface area contributed by atoms with Crippen LogP contribution < -0.4 is 10.6 Å². The number of ketones is 1. The molecule has 0 aliphatic carbocycles. The second-order valence-electron chi connectivity index (χ2n) is 15.1. The Kier molecular flexibility index (Phi) is 10.1. The molecular formula is C39H41Cl2FN8O. The van der Waals surface area contributed by atoms with E-state index < -0.39 is 17.3 Å². The number of nitrogens with zero attached hydrogens (tertiary/aromatic N) is 6. The molecule has 0 saturated carbocycles. The summed E-state index contributed by atoms with van der Waals surface area (Å²) in [4.78, 5) is 20.6. The van der Waals surface area contributed by atoms with Gasteiger partial charge in [0.15, 0.2) is 5.78 Å². The number of piperidine rings is 1. The van der Waals surface area contributed by atoms with E-state index in [0.29, 0.717) is 44.2 Å². The van der Waals surface area contributed by atoms with Gasteiger partial charge in [0.2, 0.25) is 0 Å². The third kappa shape index (κ3) is 7.86. The number of halogens is 3. The Morgan fingerprint density at radius 1 is 1.04 bits per heavy atom. The number of carbonyl (C=O) groups excluding carboxylic acids is 1. The summed E-state index contributed by atoms with van der Waals surface area (Å²) in [5, 5.41) is 27.0. The summed E-state index contributed by atoms with van der Waals surface area (Å²) >= 11 is 12.8. The van der Waals surface area contributed by atoms with Crippen molar-refractivity contribution in [1.29, 1.82) is 5.26 Å². The lowest BCUT2D eigenvalue weighted by molar-refractivity contribution is 0.0857. The molecule has 2 aromatic heterocycles. The van der Waals surface area contributed by atoms with E-state index in [2.05, 4.69) is 57.7 Å². The maximum atomic E-state index is 14.0. The lowest BCUT2D eigenvalue weighted by Crippen LogP contribution is -2.46. The smallest absolute Gasteiger partial charge is 0.168 e. The minimum Gasteiger partial charge on any atom is -0.371 e. The Bertz CT molecular complexity index is 2140. The Labute approximate surface area is 307 Å². The molecule has 6 rings (SSSR count). The van der Waals surface area contributed by atoms with Crippen LogP contribution in [0.1, 0.15) is 93.6 Å². The lowest BCUT2D eigenvalue weighted by atomic mass is 9.85. The number of rotatable bonds is 8. The van der Waals surface area contributed by atoms with Gasteiger partial charge in [-0.15, -0.1) is 5.10 Å². The van der Waals surface area contributed by atoms with E-state index in [9.17, 15) is 14.4 Å². The molecular weight excluding hydrogens is 686 g/mol. The van der Waals surface area contributed by atoms with Crippen LogP contribution in [0, 0.1) is 22.6 Å². The van der Waals surface area contributed by atoms with E-state index in [4.69, 9.17) is 23.2 Å². The maximum absolute atomic E-state index is 14.0. The molecule has 3 aromatic carbocycles. The molecule has 1 aliphatic heterocycles. The number of hydrogen-bond acceptors (Lipinski definition) is 8. The normalized spacial score (nSPS) is 15.1. The molecule has 0 bridgehead atoms. The van der Waals surface area contributed by atoms with Crippen molar-refractivity contribution in [2.75, 3.05) is 23.7 Å². The SMILES string of the molecule is CC(C)(C)C(=O)c1cccc([C@H](Nc2cc(Cl)cc3c(Nc4ccc(F)c(Cl)c4)c(C#N)cnc23)c2cn(C3CCN(C(C)(C)C)CC3)nn2)c1. The summed E-state index contributed by atoms with van der Waals surface area (Å²) in [6, 6.07) is 17.1. The van der Waals surface area contributed by atoms with E-state index in [1.165, 1.54) is 24.4 Å².